The van der Waals surface area contributed by atoms with Crippen molar-refractivity contribution in [3.05, 3.63) is 0 Å². The lowest BCUT2D eigenvalue weighted by Gasteiger charge is -2.05. The van der Waals surface area contributed by atoms with Crippen molar-refractivity contribution in [1.29, 1.82) is 0 Å². The van der Waals surface area contributed by atoms with Crippen LogP contribution in [0.25, 0.3) is 0 Å². The summed E-state index contributed by atoms with van der Waals surface area (Å²) in [5.74, 6) is 0.859. The van der Waals surface area contributed by atoms with Crippen molar-refractivity contribution in [3.63, 3.8) is 0 Å². The molecule has 0 aliphatic heterocycles. The highest BCUT2D eigenvalue weighted by atomic mass is 16.6. The van der Waals surface area contributed by atoms with Crippen molar-refractivity contribution < 1.29 is 4.84 Å². The van der Waals surface area contributed by atoms with Crippen LogP contribution in [0.2, 0.25) is 0 Å². The molecule has 0 aromatic carbocycles. The van der Waals surface area contributed by atoms with Crippen LogP contribution in [0.3, 0.4) is 0 Å². The number of rotatable bonds is 10. The van der Waals surface area contributed by atoms with Crippen molar-refractivity contribution in [1.82, 2.24) is 5.48 Å². The van der Waals surface area contributed by atoms with Gasteiger partial charge < -0.3 is 4.84 Å². The smallest absolute Gasteiger partial charge is 0.0682 e. The Balaban J connectivity index is 2.85. The number of hydrogen-bond donors (Lipinski definition) is 1. The zero-order chi connectivity index (χ0) is 10.6. The second-order valence-corrected chi connectivity index (χ2v) is 4.34. The molecule has 0 fully saturated rings. The predicted molar refractivity (Wildman–Crippen MR) is 62.2 cm³/mol. The average molecular weight is 201 g/mol. The molecule has 2 heteroatoms. The predicted octanol–water partition coefficient (Wildman–Crippen LogP) is 3.52. The molecule has 86 valence electrons. The minimum atomic E-state index is 0.859. The van der Waals surface area contributed by atoms with Gasteiger partial charge in [0, 0.05) is 6.54 Å². The van der Waals surface area contributed by atoms with E-state index in [0.717, 1.165) is 25.5 Å². The maximum absolute atomic E-state index is 5.25. The Kier molecular flexibility index (Phi) is 10.9. The summed E-state index contributed by atoms with van der Waals surface area (Å²) in [7, 11) is 0. The molecule has 0 aliphatic rings. The van der Waals surface area contributed by atoms with Crippen LogP contribution in [0.15, 0.2) is 0 Å². The summed E-state index contributed by atoms with van der Waals surface area (Å²) in [6.45, 7) is 8.55. The first-order valence-electron chi connectivity index (χ1n) is 6.12. The topological polar surface area (TPSA) is 21.3 Å². The first-order valence-corrected chi connectivity index (χ1v) is 6.12. The van der Waals surface area contributed by atoms with Crippen LogP contribution in [0, 0.1) is 5.92 Å². The van der Waals surface area contributed by atoms with Crippen molar-refractivity contribution in [2.45, 2.75) is 59.3 Å². The average Bonchev–Trinajstić information content (AvgIpc) is 2.15. The van der Waals surface area contributed by atoms with Crippen LogP contribution < -0.4 is 5.48 Å². The second kappa shape index (κ2) is 11.0. The lowest BCUT2D eigenvalue weighted by atomic mass is 10.0. The number of nitrogens with one attached hydrogen (secondary N) is 1. The molecule has 1 N–H and O–H groups in total. The zero-order valence-corrected chi connectivity index (χ0v) is 10.1. The summed E-state index contributed by atoms with van der Waals surface area (Å²) in [6, 6.07) is 0. The van der Waals surface area contributed by atoms with E-state index in [9.17, 15) is 0 Å². The Hall–Kier alpha value is -0.0800. The van der Waals surface area contributed by atoms with E-state index in [1.165, 1.54) is 32.1 Å². The van der Waals surface area contributed by atoms with E-state index in [4.69, 9.17) is 4.84 Å². The molecule has 0 rings (SSSR count). The first-order chi connectivity index (χ1) is 6.77. The largest absolute Gasteiger partial charge is 0.302 e. The second-order valence-electron chi connectivity index (χ2n) is 4.34. The van der Waals surface area contributed by atoms with Gasteiger partial charge in [0.1, 0.15) is 0 Å². The monoisotopic (exact) mass is 201 g/mol. The standard InChI is InChI=1S/C12H27NO/c1-4-10-13-14-11-8-6-5-7-9-12(2)3/h12-13H,4-11H2,1-3H3. The van der Waals surface area contributed by atoms with E-state index in [-0.39, 0.29) is 0 Å². The van der Waals surface area contributed by atoms with Crippen LogP contribution >= 0.6 is 0 Å². The quantitative estimate of drug-likeness (QED) is 0.431. The van der Waals surface area contributed by atoms with E-state index < -0.39 is 0 Å². The molecule has 0 amide bonds. The SMILES string of the molecule is CCCNOCCCCCCC(C)C. The molecule has 0 heterocycles. The van der Waals surface area contributed by atoms with Crippen molar-refractivity contribution in [2.24, 2.45) is 5.92 Å². The van der Waals surface area contributed by atoms with Gasteiger partial charge in [0.15, 0.2) is 0 Å². The van der Waals surface area contributed by atoms with Gasteiger partial charge in [-0.3, -0.25) is 0 Å². The molecule has 0 radical (unpaired) electrons. The molecule has 0 atom stereocenters. The third-order valence-corrected chi connectivity index (χ3v) is 2.23. The summed E-state index contributed by atoms with van der Waals surface area (Å²) < 4.78 is 0. The normalized spacial score (nSPS) is 11.1. The maximum atomic E-state index is 5.25. The number of hydroxylamine groups is 1. The van der Waals surface area contributed by atoms with Crippen LogP contribution in [-0.4, -0.2) is 13.2 Å². The van der Waals surface area contributed by atoms with Crippen LogP contribution in [-0.2, 0) is 4.84 Å². The molecule has 0 unspecified atom stereocenters. The van der Waals surface area contributed by atoms with Gasteiger partial charge in [0.2, 0.25) is 0 Å². The molecule has 0 saturated carbocycles. The third kappa shape index (κ3) is 11.9. The lowest BCUT2D eigenvalue weighted by molar-refractivity contribution is 0.0387. The van der Waals surface area contributed by atoms with Gasteiger partial charge in [0.05, 0.1) is 6.61 Å². The van der Waals surface area contributed by atoms with Crippen LogP contribution in [0.4, 0.5) is 0 Å². The summed E-state index contributed by atoms with van der Waals surface area (Å²) in [4.78, 5) is 5.25. The summed E-state index contributed by atoms with van der Waals surface area (Å²) in [5, 5.41) is 0. The van der Waals surface area contributed by atoms with E-state index in [0.29, 0.717) is 0 Å². The Bertz CT molecular complexity index is 104. The first kappa shape index (κ1) is 13.9. The third-order valence-electron chi connectivity index (χ3n) is 2.23. The molecular formula is C12H27NO. The summed E-state index contributed by atoms with van der Waals surface area (Å²) in [6.07, 6.45) is 7.73. The van der Waals surface area contributed by atoms with Gasteiger partial charge in [-0.1, -0.05) is 46.5 Å². The van der Waals surface area contributed by atoms with Crippen molar-refractivity contribution in [2.75, 3.05) is 13.2 Å². The van der Waals surface area contributed by atoms with Gasteiger partial charge in [-0.05, 0) is 18.8 Å². The molecule has 0 aromatic rings. The minimum Gasteiger partial charge on any atom is -0.302 e. The number of unbranched alkanes of at least 4 members (excludes halogenated alkanes) is 3. The Morgan fingerprint density at radius 1 is 1.07 bits per heavy atom. The highest BCUT2D eigenvalue weighted by Crippen LogP contribution is 2.09. The van der Waals surface area contributed by atoms with Gasteiger partial charge in [-0.15, -0.1) is 0 Å². The van der Waals surface area contributed by atoms with Crippen molar-refractivity contribution in [3.8, 4) is 0 Å². The maximum Gasteiger partial charge on any atom is 0.0682 e. The summed E-state index contributed by atoms with van der Waals surface area (Å²) in [5.41, 5.74) is 2.94. The molecule has 0 aromatic heterocycles. The van der Waals surface area contributed by atoms with E-state index in [1.54, 1.807) is 0 Å². The molecule has 0 bridgehead atoms. The van der Waals surface area contributed by atoms with Gasteiger partial charge in [0.25, 0.3) is 0 Å². The highest BCUT2D eigenvalue weighted by Gasteiger charge is 1.94. The fraction of sp³-hybridized carbons (Fsp3) is 1.00. The highest BCUT2D eigenvalue weighted by molar-refractivity contribution is 4.47. The fourth-order valence-electron chi connectivity index (χ4n) is 1.33. The summed E-state index contributed by atoms with van der Waals surface area (Å²) >= 11 is 0. The van der Waals surface area contributed by atoms with Crippen molar-refractivity contribution >= 4 is 0 Å². The minimum absolute atomic E-state index is 0.859. The van der Waals surface area contributed by atoms with Crippen LogP contribution in [0.5, 0.6) is 0 Å². The van der Waals surface area contributed by atoms with Gasteiger partial charge in [-0.25, -0.2) is 5.48 Å². The Labute approximate surface area is 89.4 Å². The molecule has 14 heavy (non-hydrogen) atoms. The van der Waals surface area contributed by atoms with Gasteiger partial charge in [-0.2, -0.15) is 0 Å². The Morgan fingerprint density at radius 2 is 1.79 bits per heavy atom. The molecule has 0 spiro atoms. The number of hydrogen-bond acceptors (Lipinski definition) is 2. The molecule has 0 saturated heterocycles. The molecular weight excluding hydrogens is 174 g/mol. The van der Waals surface area contributed by atoms with Crippen LogP contribution in [0.1, 0.15) is 59.3 Å². The Morgan fingerprint density at radius 3 is 2.43 bits per heavy atom. The molecule has 0 aliphatic carbocycles. The van der Waals surface area contributed by atoms with E-state index >= 15 is 0 Å². The fourth-order valence-corrected chi connectivity index (χ4v) is 1.33. The lowest BCUT2D eigenvalue weighted by Crippen LogP contribution is -2.15. The van der Waals surface area contributed by atoms with E-state index in [2.05, 4.69) is 26.3 Å². The zero-order valence-electron chi connectivity index (χ0n) is 10.1. The van der Waals surface area contributed by atoms with E-state index in [1.807, 2.05) is 0 Å². The molecule has 2 nitrogen and oxygen atoms in total. The van der Waals surface area contributed by atoms with Gasteiger partial charge >= 0.3 is 0 Å².